The Bertz CT molecular complexity index is 1180. The first-order chi connectivity index (χ1) is 13.1. The summed E-state index contributed by atoms with van der Waals surface area (Å²) in [4.78, 5) is 17.6. The van der Waals surface area contributed by atoms with Gasteiger partial charge in [-0.1, -0.05) is 18.2 Å². The van der Waals surface area contributed by atoms with Crippen LogP contribution in [0.3, 0.4) is 0 Å². The molecule has 0 aliphatic carbocycles. The van der Waals surface area contributed by atoms with Crippen LogP contribution in [0.5, 0.6) is 0 Å². The molecular weight excluding hydrogens is 374 g/mol. The number of amides is 1. The molecule has 0 fully saturated rings. The van der Waals surface area contributed by atoms with Gasteiger partial charge in [-0.25, -0.2) is 12.7 Å². The maximum Gasteiger partial charge on any atom is 0.256 e. The Balaban J connectivity index is 2.08. The molecule has 0 unspecified atom stereocenters. The van der Waals surface area contributed by atoms with Crippen LogP contribution in [0.1, 0.15) is 27.2 Å². The number of carbonyl (C=O) groups excluding carboxylic acids is 1. The summed E-state index contributed by atoms with van der Waals surface area (Å²) in [5, 5.41) is 3.64. The highest BCUT2D eigenvalue weighted by atomic mass is 32.2. The van der Waals surface area contributed by atoms with Gasteiger partial charge >= 0.3 is 0 Å². The van der Waals surface area contributed by atoms with Crippen LogP contribution in [-0.4, -0.2) is 37.7 Å². The van der Waals surface area contributed by atoms with Crippen LogP contribution < -0.4 is 5.32 Å². The fourth-order valence-electron chi connectivity index (χ4n) is 3.00. The topological polar surface area (TPSA) is 79.4 Å². The maximum absolute atomic E-state index is 13.0. The number of hydrogen-bond acceptors (Lipinski definition) is 4. The molecule has 0 aliphatic rings. The van der Waals surface area contributed by atoms with Gasteiger partial charge in [-0.3, -0.25) is 9.78 Å². The molecule has 0 spiro atoms. The molecule has 1 N–H and O–H groups in total. The summed E-state index contributed by atoms with van der Waals surface area (Å²) in [6.07, 6.45) is 0. The smallest absolute Gasteiger partial charge is 0.256 e. The third-order valence-corrected chi connectivity index (χ3v) is 6.55. The lowest BCUT2D eigenvalue weighted by atomic mass is 10.1. The van der Waals surface area contributed by atoms with E-state index in [9.17, 15) is 13.2 Å². The Morgan fingerprint density at radius 3 is 2.39 bits per heavy atom. The van der Waals surface area contributed by atoms with Gasteiger partial charge < -0.3 is 5.32 Å². The minimum absolute atomic E-state index is 0.145. The Morgan fingerprint density at radius 1 is 1.04 bits per heavy atom. The van der Waals surface area contributed by atoms with E-state index in [0.29, 0.717) is 11.3 Å². The number of para-hydroxylation sites is 1. The van der Waals surface area contributed by atoms with E-state index < -0.39 is 10.0 Å². The van der Waals surface area contributed by atoms with E-state index in [0.717, 1.165) is 32.0 Å². The molecule has 146 valence electrons. The Kier molecular flexibility index (Phi) is 5.23. The molecule has 0 radical (unpaired) electrons. The molecular formula is C21H23N3O3S. The fourth-order valence-corrected chi connectivity index (χ4v) is 4.02. The minimum Gasteiger partial charge on any atom is -0.322 e. The van der Waals surface area contributed by atoms with Gasteiger partial charge in [0.1, 0.15) is 0 Å². The number of aryl methyl sites for hydroxylation is 2. The molecule has 6 nitrogen and oxygen atoms in total. The van der Waals surface area contributed by atoms with Crippen LogP contribution in [-0.2, 0) is 10.0 Å². The first kappa shape index (κ1) is 20.0. The predicted molar refractivity (Wildman–Crippen MR) is 111 cm³/mol. The summed E-state index contributed by atoms with van der Waals surface area (Å²) in [6.45, 7) is 5.52. The molecule has 1 aromatic heterocycles. The summed E-state index contributed by atoms with van der Waals surface area (Å²) >= 11 is 0. The molecule has 1 heterocycles. The molecule has 1 amide bonds. The zero-order chi connectivity index (χ0) is 20.6. The Morgan fingerprint density at radius 2 is 1.71 bits per heavy atom. The van der Waals surface area contributed by atoms with E-state index in [-0.39, 0.29) is 10.8 Å². The van der Waals surface area contributed by atoms with Crippen molar-refractivity contribution in [3.8, 4) is 0 Å². The van der Waals surface area contributed by atoms with Crippen molar-refractivity contribution < 1.29 is 13.2 Å². The van der Waals surface area contributed by atoms with Gasteiger partial charge in [0.2, 0.25) is 10.0 Å². The highest BCUT2D eigenvalue weighted by molar-refractivity contribution is 7.89. The number of fused-ring (bicyclic) bond motifs is 1. The number of nitrogens with zero attached hydrogens (tertiary/aromatic N) is 2. The SMILES string of the molecule is Cc1cc(C(=O)Nc2cc(S(=O)(=O)N(C)C)cc(C)c2C)c2ccccc2n1. The number of carbonyl (C=O) groups is 1. The van der Waals surface area contributed by atoms with Gasteiger partial charge in [-0.05, 0) is 56.2 Å². The lowest BCUT2D eigenvalue weighted by molar-refractivity contribution is 0.102. The van der Waals surface area contributed by atoms with Gasteiger partial charge in [0, 0.05) is 30.9 Å². The molecule has 3 aromatic rings. The third kappa shape index (κ3) is 3.63. The standard InChI is InChI=1S/C21H23N3O3S/c1-13-10-16(28(26,27)24(4)5)12-20(15(13)3)23-21(25)18-11-14(2)22-19-9-7-6-8-17(18)19/h6-12H,1-5H3,(H,23,25). The fraction of sp³-hybridized carbons (Fsp3) is 0.238. The number of rotatable bonds is 4. The van der Waals surface area contributed by atoms with E-state index in [1.807, 2.05) is 45.0 Å². The first-order valence-corrected chi connectivity index (χ1v) is 10.3. The van der Waals surface area contributed by atoms with Crippen molar-refractivity contribution in [2.45, 2.75) is 25.7 Å². The molecule has 0 bridgehead atoms. The second-order valence-corrected chi connectivity index (χ2v) is 9.13. The second kappa shape index (κ2) is 7.33. The molecule has 0 atom stereocenters. The van der Waals surface area contributed by atoms with Gasteiger partial charge in [0.25, 0.3) is 5.91 Å². The zero-order valence-corrected chi connectivity index (χ0v) is 17.4. The van der Waals surface area contributed by atoms with Gasteiger partial charge in [0.05, 0.1) is 16.0 Å². The van der Waals surface area contributed by atoms with E-state index in [4.69, 9.17) is 0 Å². The van der Waals surface area contributed by atoms with Crippen molar-refractivity contribution in [3.63, 3.8) is 0 Å². The molecule has 2 aromatic carbocycles. The number of hydrogen-bond donors (Lipinski definition) is 1. The predicted octanol–water partition coefficient (Wildman–Crippen LogP) is 3.66. The normalized spacial score (nSPS) is 11.8. The largest absolute Gasteiger partial charge is 0.322 e. The number of sulfonamides is 1. The molecule has 0 saturated carbocycles. The van der Waals surface area contributed by atoms with Crippen molar-refractivity contribution in [3.05, 3.63) is 64.8 Å². The van der Waals surface area contributed by atoms with Gasteiger partial charge in [-0.15, -0.1) is 0 Å². The van der Waals surface area contributed by atoms with Crippen molar-refractivity contribution >= 4 is 32.5 Å². The molecule has 0 saturated heterocycles. The van der Waals surface area contributed by atoms with E-state index >= 15 is 0 Å². The lowest BCUT2D eigenvalue weighted by Crippen LogP contribution is -2.23. The van der Waals surface area contributed by atoms with Crippen molar-refractivity contribution in [2.75, 3.05) is 19.4 Å². The molecule has 7 heteroatoms. The highest BCUT2D eigenvalue weighted by Crippen LogP contribution is 2.27. The van der Waals surface area contributed by atoms with Crippen LogP contribution in [0, 0.1) is 20.8 Å². The summed E-state index contributed by atoms with van der Waals surface area (Å²) in [5.74, 6) is -0.302. The van der Waals surface area contributed by atoms with Crippen LogP contribution in [0.15, 0.2) is 47.4 Å². The van der Waals surface area contributed by atoms with Crippen LogP contribution in [0.25, 0.3) is 10.9 Å². The van der Waals surface area contributed by atoms with Crippen molar-refractivity contribution in [1.29, 1.82) is 0 Å². The number of pyridine rings is 1. The molecule has 3 rings (SSSR count). The van der Waals surface area contributed by atoms with Gasteiger partial charge in [-0.2, -0.15) is 0 Å². The van der Waals surface area contributed by atoms with Gasteiger partial charge in [0.15, 0.2) is 0 Å². The number of aromatic nitrogens is 1. The molecule has 28 heavy (non-hydrogen) atoms. The van der Waals surface area contributed by atoms with E-state index in [1.165, 1.54) is 20.2 Å². The number of benzene rings is 2. The van der Waals surface area contributed by atoms with Crippen molar-refractivity contribution in [1.82, 2.24) is 9.29 Å². The van der Waals surface area contributed by atoms with Crippen LogP contribution >= 0.6 is 0 Å². The quantitative estimate of drug-likeness (QED) is 0.729. The average molecular weight is 398 g/mol. The summed E-state index contributed by atoms with van der Waals surface area (Å²) < 4.78 is 26.2. The molecule has 0 aliphatic heterocycles. The average Bonchev–Trinajstić information content (AvgIpc) is 2.64. The summed E-state index contributed by atoms with van der Waals surface area (Å²) in [7, 11) is -0.647. The highest BCUT2D eigenvalue weighted by Gasteiger charge is 2.21. The van der Waals surface area contributed by atoms with E-state index in [1.54, 1.807) is 12.1 Å². The van der Waals surface area contributed by atoms with Crippen LogP contribution in [0.2, 0.25) is 0 Å². The summed E-state index contributed by atoms with van der Waals surface area (Å²) in [5.41, 5.74) is 4.06. The number of nitrogens with one attached hydrogen (secondary N) is 1. The second-order valence-electron chi connectivity index (χ2n) is 6.98. The van der Waals surface area contributed by atoms with Crippen LogP contribution in [0.4, 0.5) is 5.69 Å². The van der Waals surface area contributed by atoms with Crippen molar-refractivity contribution in [2.24, 2.45) is 0 Å². The lowest BCUT2D eigenvalue weighted by Gasteiger charge is -2.17. The first-order valence-electron chi connectivity index (χ1n) is 8.83. The van der Waals surface area contributed by atoms with E-state index in [2.05, 4.69) is 10.3 Å². The number of anilines is 1. The Labute approximate surface area is 165 Å². The summed E-state index contributed by atoms with van der Waals surface area (Å²) in [6, 6.07) is 12.3. The third-order valence-electron chi connectivity index (χ3n) is 4.76. The maximum atomic E-state index is 13.0. The zero-order valence-electron chi connectivity index (χ0n) is 16.6. The monoisotopic (exact) mass is 397 g/mol. The Hall–Kier alpha value is -2.77. The minimum atomic E-state index is -3.61.